The van der Waals surface area contributed by atoms with Gasteiger partial charge in [0, 0.05) is 27.6 Å². The Morgan fingerprint density at radius 3 is 2.85 bits per heavy atom. The number of rotatable bonds is 1. The number of anilines is 1. The van der Waals surface area contributed by atoms with E-state index >= 15 is 0 Å². The number of hydrogen-bond donors (Lipinski definition) is 1. The van der Waals surface area contributed by atoms with E-state index in [1.165, 1.54) is 20.4 Å². The second-order valence-corrected chi connectivity index (χ2v) is 6.73. The summed E-state index contributed by atoms with van der Waals surface area (Å²) in [5, 5.41) is 3.74. The molecule has 0 spiro atoms. The third-order valence-electron chi connectivity index (χ3n) is 4.39. The smallest absolute Gasteiger partial charge is 0.0555 e. The molecule has 0 unspecified atom stereocenters. The van der Waals surface area contributed by atoms with Crippen molar-refractivity contribution in [1.29, 1.82) is 0 Å². The summed E-state index contributed by atoms with van der Waals surface area (Å²) in [6.45, 7) is 0. The molecule has 4 rings (SSSR count). The summed E-state index contributed by atoms with van der Waals surface area (Å²) in [4.78, 5) is 4.14. The van der Waals surface area contributed by atoms with Crippen LogP contribution in [-0.2, 0) is 0 Å². The van der Waals surface area contributed by atoms with Crippen molar-refractivity contribution in [2.75, 3.05) is 5.32 Å². The van der Waals surface area contributed by atoms with Crippen molar-refractivity contribution in [3.05, 3.63) is 69.6 Å². The van der Waals surface area contributed by atoms with E-state index in [1.807, 2.05) is 12.4 Å². The fourth-order valence-corrected chi connectivity index (χ4v) is 3.98. The summed E-state index contributed by atoms with van der Waals surface area (Å²) in [7, 11) is 0. The summed E-state index contributed by atoms with van der Waals surface area (Å²) in [6, 6.07) is 11.3. The van der Waals surface area contributed by atoms with Crippen LogP contribution in [0.2, 0.25) is 0 Å². The van der Waals surface area contributed by atoms with Crippen molar-refractivity contribution < 1.29 is 0 Å². The average molecular weight is 374 g/mol. The van der Waals surface area contributed by atoms with Gasteiger partial charge in [0.15, 0.2) is 0 Å². The molecule has 0 amide bonds. The number of halogens is 1. The van der Waals surface area contributed by atoms with Crippen molar-refractivity contribution in [3.8, 4) is 0 Å². The minimum absolute atomic E-state index is 0.380. The fourth-order valence-electron chi connectivity index (χ4n) is 3.47. The molecule has 1 aliphatic heterocycles. The Morgan fingerprint density at radius 2 is 2.00 bits per heavy atom. The predicted octanol–water partition coefficient (Wildman–Crippen LogP) is 4.51. The first-order chi connectivity index (χ1) is 9.83. The Hall–Kier alpha value is -1.36. The summed E-state index contributed by atoms with van der Waals surface area (Å²) < 4.78 is 1.31. The fraction of sp³-hybridized carbons (Fsp3) is 0.235. The topological polar surface area (TPSA) is 24.9 Å². The van der Waals surface area contributed by atoms with Crippen LogP contribution in [0.4, 0.5) is 5.69 Å². The molecule has 0 bridgehead atoms. The van der Waals surface area contributed by atoms with Gasteiger partial charge in [0.25, 0.3) is 0 Å². The Morgan fingerprint density at radius 1 is 1.15 bits per heavy atom. The highest BCUT2D eigenvalue weighted by Crippen LogP contribution is 2.49. The zero-order chi connectivity index (χ0) is 13.5. The average Bonchev–Trinajstić information content (AvgIpc) is 2.97. The van der Waals surface area contributed by atoms with Crippen LogP contribution in [0, 0.1) is 9.49 Å². The van der Waals surface area contributed by atoms with Crippen LogP contribution in [0.25, 0.3) is 0 Å². The van der Waals surface area contributed by atoms with Crippen LogP contribution in [0.5, 0.6) is 0 Å². The SMILES string of the molecule is Ic1ccc2c(c1)[C@@H]1C=CC[C@@H]1[C@H](c1ccncc1)N2. The lowest BCUT2D eigenvalue weighted by Gasteiger charge is -2.37. The Bertz CT molecular complexity index is 666. The van der Waals surface area contributed by atoms with E-state index in [1.54, 1.807) is 0 Å². The molecule has 0 fully saturated rings. The zero-order valence-corrected chi connectivity index (χ0v) is 13.1. The molecule has 2 aromatic rings. The molecule has 0 saturated carbocycles. The highest BCUT2D eigenvalue weighted by Gasteiger charge is 2.37. The molecule has 100 valence electrons. The summed E-state index contributed by atoms with van der Waals surface area (Å²) >= 11 is 2.40. The number of pyridine rings is 1. The van der Waals surface area contributed by atoms with Gasteiger partial charge in [0.1, 0.15) is 0 Å². The van der Waals surface area contributed by atoms with Crippen LogP contribution in [0.15, 0.2) is 54.9 Å². The number of benzene rings is 1. The standard InChI is InChI=1S/C17H15IN2/c18-12-4-5-16-15(10-12)13-2-1-3-14(13)17(20-16)11-6-8-19-9-7-11/h1-2,4-10,13-14,17,20H,3H2/t13-,14+,17+/m1/s1. The van der Waals surface area contributed by atoms with Gasteiger partial charge in [-0.2, -0.15) is 0 Å². The van der Waals surface area contributed by atoms with Crippen LogP contribution in [0.1, 0.15) is 29.5 Å². The molecule has 1 aromatic carbocycles. The monoisotopic (exact) mass is 374 g/mol. The number of aromatic nitrogens is 1. The Balaban J connectivity index is 1.80. The molecule has 20 heavy (non-hydrogen) atoms. The molecular weight excluding hydrogens is 359 g/mol. The van der Waals surface area contributed by atoms with E-state index in [2.05, 4.69) is 75.4 Å². The Kier molecular flexibility index (Phi) is 3.02. The normalized spacial score (nSPS) is 26.8. The maximum Gasteiger partial charge on any atom is 0.0555 e. The van der Waals surface area contributed by atoms with Crippen molar-refractivity contribution >= 4 is 28.3 Å². The maximum atomic E-state index is 4.14. The van der Waals surface area contributed by atoms with Gasteiger partial charge in [0.2, 0.25) is 0 Å². The lowest BCUT2D eigenvalue weighted by molar-refractivity contribution is 0.425. The largest absolute Gasteiger partial charge is 0.378 e. The van der Waals surface area contributed by atoms with E-state index in [0.29, 0.717) is 17.9 Å². The first-order valence-electron chi connectivity index (χ1n) is 6.95. The molecule has 3 atom stereocenters. The van der Waals surface area contributed by atoms with E-state index in [4.69, 9.17) is 0 Å². The van der Waals surface area contributed by atoms with Gasteiger partial charge >= 0.3 is 0 Å². The van der Waals surface area contributed by atoms with Crippen LogP contribution < -0.4 is 5.32 Å². The van der Waals surface area contributed by atoms with Gasteiger partial charge in [-0.15, -0.1) is 0 Å². The van der Waals surface area contributed by atoms with E-state index in [9.17, 15) is 0 Å². The van der Waals surface area contributed by atoms with Crippen molar-refractivity contribution in [2.24, 2.45) is 5.92 Å². The van der Waals surface area contributed by atoms with Crippen molar-refractivity contribution in [3.63, 3.8) is 0 Å². The quantitative estimate of drug-likeness (QED) is 0.587. The van der Waals surface area contributed by atoms with Gasteiger partial charge in [-0.05, 0) is 76.4 Å². The minimum Gasteiger partial charge on any atom is -0.378 e. The molecule has 2 nitrogen and oxygen atoms in total. The molecule has 2 heterocycles. The summed E-state index contributed by atoms with van der Waals surface area (Å²) in [5.74, 6) is 1.15. The lowest BCUT2D eigenvalue weighted by Crippen LogP contribution is -2.29. The van der Waals surface area contributed by atoms with Gasteiger partial charge in [0.05, 0.1) is 6.04 Å². The van der Waals surface area contributed by atoms with Crippen molar-refractivity contribution in [1.82, 2.24) is 4.98 Å². The second-order valence-electron chi connectivity index (χ2n) is 5.49. The summed E-state index contributed by atoms with van der Waals surface area (Å²) in [5.41, 5.74) is 4.06. The molecule has 1 N–H and O–H groups in total. The number of fused-ring (bicyclic) bond motifs is 3. The molecule has 2 aliphatic rings. The lowest BCUT2D eigenvalue weighted by atomic mass is 9.77. The molecule has 0 saturated heterocycles. The van der Waals surface area contributed by atoms with Gasteiger partial charge in [-0.25, -0.2) is 0 Å². The molecular formula is C17H15IN2. The number of allylic oxidation sites excluding steroid dienone is 2. The van der Waals surface area contributed by atoms with E-state index in [0.717, 1.165) is 6.42 Å². The second kappa shape index (κ2) is 4.88. The van der Waals surface area contributed by atoms with Crippen molar-refractivity contribution in [2.45, 2.75) is 18.4 Å². The van der Waals surface area contributed by atoms with E-state index in [-0.39, 0.29) is 0 Å². The minimum atomic E-state index is 0.380. The van der Waals surface area contributed by atoms with Gasteiger partial charge in [-0.1, -0.05) is 12.2 Å². The third kappa shape index (κ3) is 1.95. The predicted molar refractivity (Wildman–Crippen MR) is 89.7 cm³/mol. The van der Waals surface area contributed by atoms with Gasteiger partial charge < -0.3 is 5.32 Å². The summed E-state index contributed by atoms with van der Waals surface area (Å²) in [6.07, 6.45) is 9.64. The number of hydrogen-bond acceptors (Lipinski definition) is 2. The highest BCUT2D eigenvalue weighted by molar-refractivity contribution is 14.1. The van der Waals surface area contributed by atoms with Crippen LogP contribution >= 0.6 is 22.6 Å². The zero-order valence-electron chi connectivity index (χ0n) is 11.0. The van der Waals surface area contributed by atoms with E-state index < -0.39 is 0 Å². The molecule has 1 aliphatic carbocycles. The highest BCUT2D eigenvalue weighted by atomic mass is 127. The van der Waals surface area contributed by atoms with Gasteiger partial charge in [-0.3, -0.25) is 4.98 Å². The first-order valence-corrected chi connectivity index (χ1v) is 8.03. The molecule has 3 heteroatoms. The van der Waals surface area contributed by atoms with Crippen LogP contribution in [0.3, 0.4) is 0 Å². The number of nitrogens with zero attached hydrogens (tertiary/aromatic N) is 1. The number of nitrogens with one attached hydrogen (secondary N) is 1. The molecule has 0 radical (unpaired) electrons. The Labute approximate surface area is 132 Å². The third-order valence-corrected chi connectivity index (χ3v) is 5.06. The first kappa shape index (κ1) is 12.4. The molecule has 1 aromatic heterocycles. The maximum absolute atomic E-state index is 4.14. The van der Waals surface area contributed by atoms with Crippen LogP contribution in [-0.4, -0.2) is 4.98 Å².